The Bertz CT molecular complexity index is 363. The highest BCUT2D eigenvalue weighted by molar-refractivity contribution is 14.0. The van der Waals surface area contributed by atoms with E-state index in [9.17, 15) is 0 Å². The number of hydrogen-bond donors (Lipinski definition) is 2. The number of ether oxygens (including phenoxy) is 1. The van der Waals surface area contributed by atoms with Crippen LogP contribution in [0.25, 0.3) is 0 Å². The predicted octanol–water partition coefficient (Wildman–Crippen LogP) is 2.35. The van der Waals surface area contributed by atoms with Gasteiger partial charge < -0.3 is 15.4 Å². The van der Waals surface area contributed by atoms with Gasteiger partial charge in [-0.25, -0.2) is 0 Å². The van der Waals surface area contributed by atoms with Crippen molar-refractivity contribution in [3.8, 4) is 0 Å². The number of guanidine groups is 1. The Morgan fingerprint density at radius 3 is 2.55 bits per heavy atom. The molecule has 1 aromatic carbocycles. The van der Waals surface area contributed by atoms with Gasteiger partial charge in [0.1, 0.15) is 0 Å². The lowest BCUT2D eigenvalue weighted by Gasteiger charge is -2.11. The molecule has 0 amide bonds. The smallest absolute Gasteiger partial charge is 0.191 e. The number of halogens is 1. The molecule has 0 bridgehead atoms. The fraction of sp³-hybridized carbons (Fsp3) is 0.500. The summed E-state index contributed by atoms with van der Waals surface area (Å²) in [5, 5.41) is 6.46. The van der Waals surface area contributed by atoms with Crippen LogP contribution in [-0.2, 0) is 11.3 Å². The molecular formula is C14H24IN3OS. The van der Waals surface area contributed by atoms with Gasteiger partial charge in [0, 0.05) is 25.9 Å². The van der Waals surface area contributed by atoms with Crippen molar-refractivity contribution in [3.63, 3.8) is 0 Å². The van der Waals surface area contributed by atoms with E-state index in [1.165, 1.54) is 5.56 Å². The first-order chi connectivity index (χ1) is 9.36. The van der Waals surface area contributed by atoms with Gasteiger partial charge in [-0.05, 0) is 11.8 Å². The zero-order valence-corrected chi connectivity index (χ0v) is 15.2. The molecule has 0 unspecified atom stereocenters. The van der Waals surface area contributed by atoms with Crippen molar-refractivity contribution in [2.24, 2.45) is 4.99 Å². The molecule has 1 aromatic rings. The zero-order valence-electron chi connectivity index (χ0n) is 12.1. The Balaban J connectivity index is 0.00000361. The molecule has 1 rings (SSSR count). The van der Waals surface area contributed by atoms with Crippen molar-refractivity contribution >= 4 is 41.7 Å². The molecule has 0 aliphatic carbocycles. The summed E-state index contributed by atoms with van der Waals surface area (Å²) < 4.78 is 5.59. The van der Waals surface area contributed by atoms with Crippen molar-refractivity contribution in [1.82, 2.24) is 10.6 Å². The van der Waals surface area contributed by atoms with Crippen LogP contribution in [0, 0.1) is 0 Å². The normalized spacial score (nSPS) is 10.8. The van der Waals surface area contributed by atoms with Crippen LogP contribution in [0.2, 0.25) is 0 Å². The summed E-state index contributed by atoms with van der Waals surface area (Å²) in [5.74, 6) is 1.91. The van der Waals surface area contributed by atoms with Gasteiger partial charge in [-0.1, -0.05) is 30.3 Å². The number of aliphatic imine (C=N–C) groups is 1. The van der Waals surface area contributed by atoms with E-state index >= 15 is 0 Å². The molecule has 0 aliphatic heterocycles. The molecule has 2 N–H and O–H groups in total. The monoisotopic (exact) mass is 409 g/mol. The molecule has 0 radical (unpaired) electrons. The van der Waals surface area contributed by atoms with Crippen LogP contribution in [0.15, 0.2) is 35.3 Å². The van der Waals surface area contributed by atoms with Crippen molar-refractivity contribution in [3.05, 3.63) is 35.9 Å². The van der Waals surface area contributed by atoms with Gasteiger partial charge in [-0.2, -0.15) is 11.8 Å². The van der Waals surface area contributed by atoms with Crippen LogP contribution in [-0.4, -0.2) is 44.7 Å². The number of hydrogen-bond acceptors (Lipinski definition) is 3. The van der Waals surface area contributed by atoms with E-state index < -0.39 is 0 Å². The highest BCUT2D eigenvalue weighted by Crippen LogP contribution is 1.99. The molecule has 0 atom stereocenters. The summed E-state index contributed by atoms with van der Waals surface area (Å²) in [7, 11) is 1.78. The molecule has 114 valence electrons. The van der Waals surface area contributed by atoms with Crippen molar-refractivity contribution < 1.29 is 4.74 Å². The molecule has 6 heteroatoms. The molecular weight excluding hydrogens is 385 g/mol. The zero-order chi connectivity index (χ0) is 13.8. The van der Waals surface area contributed by atoms with E-state index in [4.69, 9.17) is 4.74 Å². The van der Waals surface area contributed by atoms with Gasteiger partial charge in [0.25, 0.3) is 0 Å². The molecule has 0 spiro atoms. The molecule has 0 saturated carbocycles. The molecule has 0 heterocycles. The first-order valence-electron chi connectivity index (χ1n) is 6.42. The third-order valence-electron chi connectivity index (χ3n) is 2.47. The Kier molecular flexibility index (Phi) is 13.2. The van der Waals surface area contributed by atoms with Gasteiger partial charge in [0.05, 0.1) is 13.2 Å². The average Bonchev–Trinajstić information content (AvgIpc) is 2.46. The Hall–Kier alpha value is -0.470. The first-order valence-corrected chi connectivity index (χ1v) is 7.81. The van der Waals surface area contributed by atoms with Crippen LogP contribution in [0.5, 0.6) is 0 Å². The third kappa shape index (κ3) is 9.44. The summed E-state index contributed by atoms with van der Waals surface area (Å²) in [5.41, 5.74) is 1.20. The third-order valence-corrected chi connectivity index (χ3v) is 3.09. The van der Waals surface area contributed by atoms with Crippen LogP contribution < -0.4 is 10.6 Å². The largest absolute Gasteiger partial charge is 0.375 e. The maximum atomic E-state index is 5.59. The summed E-state index contributed by atoms with van der Waals surface area (Å²) in [6, 6.07) is 10.2. The highest BCUT2D eigenvalue weighted by atomic mass is 127. The lowest BCUT2D eigenvalue weighted by atomic mass is 10.2. The van der Waals surface area contributed by atoms with Crippen LogP contribution in [0.1, 0.15) is 5.56 Å². The Labute approximate surface area is 143 Å². The molecule has 0 fully saturated rings. The van der Waals surface area contributed by atoms with E-state index in [2.05, 4.69) is 34.0 Å². The topological polar surface area (TPSA) is 45.7 Å². The maximum Gasteiger partial charge on any atom is 0.191 e. The minimum absolute atomic E-state index is 0. The lowest BCUT2D eigenvalue weighted by molar-refractivity contribution is 0.125. The van der Waals surface area contributed by atoms with Gasteiger partial charge in [-0.3, -0.25) is 4.99 Å². The molecule has 0 aliphatic rings. The number of rotatable bonds is 8. The van der Waals surface area contributed by atoms with Crippen LogP contribution >= 0.6 is 35.7 Å². The summed E-state index contributed by atoms with van der Waals surface area (Å²) >= 11 is 1.81. The lowest BCUT2D eigenvalue weighted by Crippen LogP contribution is -2.39. The second-order valence-corrected chi connectivity index (χ2v) is 4.94. The number of benzene rings is 1. The van der Waals surface area contributed by atoms with E-state index in [1.807, 2.05) is 30.0 Å². The summed E-state index contributed by atoms with van der Waals surface area (Å²) in [6.45, 7) is 3.00. The van der Waals surface area contributed by atoms with E-state index in [0.29, 0.717) is 13.2 Å². The average molecular weight is 409 g/mol. The van der Waals surface area contributed by atoms with Crippen molar-refractivity contribution in [1.29, 1.82) is 0 Å². The molecule has 0 saturated heterocycles. The van der Waals surface area contributed by atoms with Gasteiger partial charge in [0.2, 0.25) is 0 Å². The van der Waals surface area contributed by atoms with E-state index in [0.717, 1.165) is 24.8 Å². The second kappa shape index (κ2) is 13.5. The van der Waals surface area contributed by atoms with Gasteiger partial charge >= 0.3 is 0 Å². The summed E-state index contributed by atoms with van der Waals surface area (Å²) in [6.07, 6.45) is 2.09. The fourth-order valence-corrected chi connectivity index (χ4v) is 1.80. The predicted molar refractivity (Wildman–Crippen MR) is 99.3 cm³/mol. The highest BCUT2D eigenvalue weighted by Gasteiger charge is 1.96. The van der Waals surface area contributed by atoms with Crippen molar-refractivity contribution in [2.45, 2.75) is 6.61 Å². The quantitative estimate of drug-likeness (QED) is 0.300. The molecule has 0 aromatic heterocycles. The second-order valence-electron chi connectivity index (χ2n) is 3.96. The van der Waals surface area contributed by atoms with Gasteiger partial charge in [-0.15, -0.1) is 24.0 Å². The molecule has 20 heavy (non-hydrogen) atoms. The Morgan fingerprint density at radius 1 is 1.20 bits per heavy atom. The van der Waals surface area contributed by atoms with Crippen LogP contribution in [0.3, 0.4) is 0 Å². The standard InChI is InChI=1S/C14H23N3OS.HI/c1-15-14(17-9-11-19-2)16-8-10-18-12-13-6-4-3-5-7-13;/h3-7H,8-12H2,1-2H3,(H2,15,16,17);1H. The van der Waals surface area contributed by atoms with E-state index in [-0.39, 0.29) is 24.0 Å². The van der Waals surface area contributed by atoms with Crippen LogP contribution in [0.4, 0.5) is 0 Å². The SMILES string of the molecule is CN=C(NCCOCc1ccccc1)NCCSC.I. The maximum absolute atomic E-state index is 5.59. The number of thioether (sulfide) groups is 1. The van der Waals surface area contributed by atoms with Gasteiger partial charge in [0.15, 0.2) is 5.96 Å². The first kappa shape index (κ1) is 19.5. The van der Waals surface area contributed by atoms with Crippen molar-refractivity contribution in [2.75, 3.05) is 38.8 Å². The summed E-state index contributed by atoms with van der Waals surface area (Å²) in [4.78, 5) is 4.15. The minimum atomic E-state index is 0. The fourth-order valence-electron chi connectivity index (χ4n) is 1.50. The molecule has 4 nitrogen and oxygen atoms in total. The number of nitrogens with one attached hydrogen (secondary N) is 2. The Morgan fingerprint density at radius 2 is 1.90 bits per heavy atom. The number of nitrogens with zero attached hydrogens (tertiary/aromatic N) is 1. The van der Waals surface area contributed by atoms with E-state index in [1.54, 1.807) is 7.05 Å². The minimum Gasteiger partial charge on any atom is -0.375 e.